The molecule has 13 heteroatoms. The van der Waals surface area contributed by atoms with Gasteiger partial charge in [0.05, 0.1) is 36.8 Å². The standard InChI is InChI=1S/C36H43FN6O5S/c1-23-32(41-34(46)48-35(2,3)4)36(22-47-23)12-16-43(17-13-36)30-20-39-31(21-38-30)49-27-7-5-6-25(19-27)40-33(45)24-8-9-29(28(37)18-24)42-14-10-26(44)11-15-42/h5-9,18-21,23,32H,10-17,22H2,1-4H3,(H,40,45)(H,41,46)/t23-,32+/m0/s1. The number of alkyl carbamates (subject to hydrolysis) is 1. The number of nitrogens with zero attached hydrogens (tertiary/aromatic N) is 4. The molecular weight excluding hydrogens is 647 g/mol. The minimum Gasteiger partial charge on any atom is -0.444 e. The fourth-order valence-corrected chi connectivity index (χ4v) is 7.50. The van der Waals surface area contributed by atoms with E-state index in [9.17, 15) is 18.8 Å². The Morgan fingerprint density at radius 3 is 2.45 bits per heavy atom. The lowest BCUT2D eigenvalue weighted by Crippen LogP contribution is -2.55. The lowest BCUT2D eigenvalue weighted by molar-refractivity contribution is -0.119. The van der Waals surface area contributed by atoms with Crippen molar-refractivity contribution >= 4 is 46.7 Å². The quantitative estimate of drug-likeness (QED) is 0.301. The molecule has 0 bridgehead atoms. The van der Waals surface area contributed by atoms with E-state index >= 15 is 0 Å². The van der Waals surface area contributed by atoms with E-state index in [-0.39, 0.29) is 28.9 Å². The molecule has 3 aliphatic rings. The molecule has 2 atom stereocenters. The third kappa shape index (κ3) is 8.33. The molecule has 0 aliphatic carbocycles. The van der Waals surface area contributed by atoms with Crippen molar-refractivity contribution in [3.05, 3.63) is 66.2 Å². The van der Waals surface area contributed by atoms with E-state index in [4.69, 9.17) is 14.5 Å². The van der Waals surface area contributed by atoms with Crippen LogP contribution in [0.4, 0.5) is 26.4 Å². The molecule has 260 valence electrons. The largest absolute Gasteiger partial charge is 0.444 e. The number of amides is 2. The van der Waals surface area contributed by atoms with Gasteiger partial charge in [-0.2, -0.15) is 0 Å². The van der Waals surface area contributed by atoms with E-state index in [0.717, 1.165) is 36.6 Å². The Kier molecular flexibility index (Phi) is 10.1. The summed E-state index contributed by atoms with van der Waals surface area (Å²) in [7, 11) is 0. The van der Waals surface area contributed by atoms with Gasteiger partial charge >= 0.3 is 6.09 Å². The summed E-state index contributed by atoms with van der Waals surface area (Å²) in [6, 6.07) is 11.7. The maximum atomic E-state index is 14.9. The zero-order valence-corrected chi connectivity index (χ0v) is 29.1. The molecule has 2 aromatic carbocycles. The zero-order valence-electron chi connectivity index (χ0n) is 28.3. The number of hydrogen-bond donors (Lipinski definition) is 2. The van der Waals surface area contributed by atoms with E-state index in [2.05, 4.69) is 20.5 Å². The Morgan fingerprint density at radius 2 is 1.78 bits per heavy atom. The fraction of sp³-hybridized carbons (Fsp3) is 0.472. The number of nitrogens with one attached hydrogen (secondary N) is 2. The average molecular weight is 691 g/mol. The first-order valence-electron chi connectivity index (χ1n) is 16.7. The Bertz CT molecular complexity index is 1680. The minimum absolute atomic E-state index is 0.101. The van der Waals surface area contributed by atoms with E-state index in [0.29, 0.717) is 48.9 Å². The van der Waals surface area contributed by atoms with Crippen molar-refractivity contribution in [3.63, 3.8) is 0 Å². The van der Waals surface area contributed by atoms with Crippen LogP contribution in [0.2, 0.25) is 0 Å². The summed E-state index contributed by atoms with van der Waals surface area (Å²) in [4.78, 5) is 51.3. The van der Waals surface area contributed by atoms with Crippen LogP contribution in [0.25, 0.3) is 0 Å². The maximum absolute atomic E-state index is 14.9. The Morgan fingerprint density at radius 1 is 1.02 bits per heavy atom. The molecule has 0 radical (unpaired) electrons. The predicted octanol–water partition coefficient (Wildman–Crippen LogP) is 6.09. The number of carbonyl (C=O) groups excluding carboxylic acids is 3. The van der Waals surface area contributed by atoms with Gasteiger partial charge in [-0.15, -0.1) is 0 Å². The Labute approximate surface area is 290 Å². The average Bonchev–Trinajstić information content (AvgIpc) is 3.35. The molecule has 3 aliphatic heterocycles. The number of carbonyl (C=O) groups is 3. The third-order valence-electron chi connectivity index (χ3n) is 9.32. The van der Waals surface area contributed by atoms with Gasteiger partial charge in [0.15, 0.2) is 0 Å². The van der Waals surface area contributed by atoms with Gasteiger partial charge < -0.3 is 29.9 Å². The highest BCUT2D eigenvalue weighted by Gasteiger charge is 2.50. The second-order valence-electron chi connectivity index (χ2n) is 14.0. The zero-order chi connectivity index (χ0) is 34.8. The number of anilines is 3. The summed E-state index contributed by atoms with van der Waals surface area (Å²) < 4.78 is 26.5. The molecule has 2 amide bonds. The van der Waals surface area contributed by atoms with Crippen LogP contribution in [0.3, 0.4) is 0 Å². The second kappa shape index (κ2) is 14.3. The minimum atomic E-state index is -0.570. The van der Waals surface area contributed by atoms with Crippen LogP contribution >= 0.6 is 11.8 Å². The highest BCUT2D eigenvalue weighted by atomic mass is 32.2. The summed E-state index contributed by atoms with van der Waals surface area (Å²) in [6.45, 7) is 10.6. The number of ketones is 1. The number of benzene rings is 2. The van der Waals surface area contributed by atoms with Gasteiger partial charge in [-0.05, 0) is 76.9 Å². The second-order valence-corrected chi connectivity index (χ2v) is 15.1. The van der Waals surface area contributed by atoms with Crippen molar-refractivity contribution in [2.24, 2.45) is 5.41 Å². The summed E-state index contributed by atoms with van der Waals surface area (Å²) in [5.41, 5.74) is 0.453. The van der Waals surface area contributed by atoms with Crippen LogP contribution < -0.4 is 20.4 Å². The predicted molar refractivity (Wildman–Crippen MR) is 186 cm³/mol. The molecule has 49 heavy (non-hydrogen) atoms. The van der Waals surface area contributed by atoms with Gasteiger partial charge in [-0.3, -0.25) is 9.59 Å². The van der Waals surface area contributed by atoms with E-state index in [1.54, 1.807) is 30.6 Å². The van der Waals surface area contributed by atoms with Gasteiger partial charge in [-0.25, -0.2) is 19.2 Å². The summed E-state index contributed by atoms with van der Waals surface area (Å²) in [5.74, 6) is 0.0678. The smallest absolute Gasteiger partial charge is 0.407 e. The van der Waals surface area contributed by atoms with Crippen LogP contribution in [-0.4, -0.2) is 78.3 Å². The molecule has 0 saturated carbocycles. The van der Waals surface area contributed by atoms with Gasteiger partial charge in [-0.1, -0.05) is 17.8 Å². The first-order valence-corrected chi connectivity index (χ1v) is 17.5. The summed E-state index contributed by atoms with van der Waals surface area (Å²) in [5, 5.41) is 6.65. The Balaban J connectivity index is 1.03. The number of ether oxygens (including phenoxy) is 2. The molecule has 0 unspecified atom stereocenters. The molecule has 3 aromatic rings. The molecule has 1 aromatic heterocycles. The lowest BCUT2D eigenvalue weighted by Gasteiger charge is -2.42. The third-order valence-corrected chi connectivity index (χ3v) is 10.2. The van der Waals surface area contributed by atoms with E-state index < -0.39 is 23.4 Å². The molecule has 6 rings (SSSR count). The topological polar surface area (TPSA) is 126 Å². The fourth-order valence-electron chi connectivity index (χ4n) is 6.71. The highest BCUT2D eigenvalue weighted by molar-refractivity contribution is 7.99. The molecular formula is C36H43FN6O5S. The number of Topliss-reactive ketones (excluding diaryl/α,β-unsaturated/α-hetero) is 1. The molecule has 11 nitrogen and oxygen atoms in total. The van der Waals surface area contributed by atoms with Crippen molar-refractivity contribution in [2.75, 3.05) is 47.9 Å². The van der Waals surface area contributed by atoms with Crippen LogP contribution in [0.5, 0.6) is 0 Å². The highest BCUT2D eigenvalue weighted by Crippen LogP contribution is 2.43. The molecule has 1 spiro atoms. The SMILES string of the molecule is C[C@@H]1OCC2(CCN(c3cnc(Sc4cccc(NC(=O)c5ccc(N6CCC(=O)CC6)c(F)c5)c4)cn3)CC2)[C@@H]1NC(=O)OC(C)(C)C. The first-order chi connectivity index (χ1) is 23.4. The van der Waals surface area contributed by atoms with Crippen LogP contribution in [0, 0.1) is 11.2 Å². The van der Waals surface area contributed by atoms with Crippen molar-refractivity contribution in [3.8, 4) is 0 Å². The van der Waals surface area contributed by atoms with Gasteiger partial charge in [0.1, 0.15) is 28.0 Å². The maximum Gasteiger partial charge on any atom is 0.407 e. The van der Waals surface area contributed by atoms with Crippen molar-refractivity contribution in [2.45, 2.75) is 81.0 Å². The van der Waals surface area contributed by atoms with Gasteiger partial charge in [0, 0.05) is 60.6 Å². The lowest BCUT2D eigenvalue weighted by atomic mass is 9.73. The molecule has 3 saturated heterocycles. The first kappa shape index (κ1) is 34.6. The summed E-state index contributed by atoms with van der Waals surface area (Å²) >= 11 is 1.42. The van der Waals surface area contributed by atoms with E-state index in [1.807, 2.05) is 50.8 Å². The number of hydrogen-bond acceptors (Lipinski definition) is 10. The molecule has 2 N–H and O–H groups in total. The van der Waals surface area contributed by atoms with Crippen LogP contribution in [-0.2, 0) is 14.3 Å². The number of piperidine rings is 2. The van der Waals surface area contributed by atoms with Gasteiger partial charge in [0.25, 0.3) is 5.91 Å². The van der Waals surface area contributed by atoms with E-state index in [1.165, 1.54) is 17.8 Å². The number of rotatable bonds is 7. The monoisotopic (exact) mass is 690 g/mol. The van der Waals surface area contributed by atoms with Gasteiger partial charge in [0.2, 0.25) is 0 Å². The summed E-state index contributed by atoms with van der Waals surface area (Å²) in [6.07, 6.45) is 5.48. The molecule has 4 heterocycles. The van der Waals surface area contributed by atoms with Crippen molar-refractivity contribution in [1.29, 1.82) is 0 Å². The number of halogens is 1. The normalized spacial score (nSPS) is 20.7. The van der Waals surface area contributed by atoms with Crippen molar-refractivity contribution < 1.29 is 28.2 Å². The Hall–Kier alpha value is -4.23. The number of aromatic nitrogens is 2. The van der Waals surface area contributed by atoms with Crippen LogP contribution in [0.15, 0.2) is 64.8 Å². The van der Waals surface area contributed by atoms with Crippen molar-refractivity contribution in [1.82, 2.24) is 15.3 Å². The molecule has 3 fully saturated rings. The van der Waals surface area contributed by atoms with Crippen LogP contribution in [0.1, 0.15) is 63.7 Å².